The average molecular weight is 1000 g/mol. The molecule has 0 unspecified atom stereocenters. The Labute approximate surface area is 451 Å². The number of hydrogen-bond acceptors (Lipinski definition) is 8. The first-order chi connectivity index (χ1) is 38.5. The molecule has 0 saturated heterocycles. The minimum absolute atomic E-state index is 0.159. The van der Waals surface area contributed by atoms with Crippen molar-refractivity contribution in [1.82, 2.24) is 0 Å². The Hall–Kier alpha value is -11.3. The number of benzene rings is 10. The molecule has 13 rings (SSSR count). The van der Waals surface area contributed by atoms with E-state index in [9.17, 15) is 10.5 Å². The molecule has 9 heteroatoms. The van der Waals surface area contributed by atoms with Gasteiger partial charge in [-0.2, -0.15) is 10.5 Å². The van der Waals surface area contributed by atoms with Gasteiger partial charge in [0, 0.05) is 22.6 Å². The Bertz CT molecular complexity index is 3790. The van der Waals surface area contributed by atoms with Gasteiger partial charge in [0.15, 0.2) is 34.5 Å². The smallest absolute Gasteiger partial charge is 0.204 e. The van der Waals surface area contributed by atoms with Crippen LogP contribution in [0.4, 0.5) is 56.9 Å². The molecule has 10 aromatic carbocycles. The molecule has 0 saturated carbocycles. The summed E-state index contributed by atoms with van der Waals surface area (Å²) in [7, 11) is 0. The van der Waals surface area contributed by atoms with Gasteiger partial charge in [0.25, 0.3) is 0 Å². The summed E-state index contributed by atoms with van der Waals surface area (Å²) in [5, 5.41) is 22.4. The monoisotopic (exact) mass is 1000 g/mol. The van der Waals surface area contributed by atoms with Crippen LogP contribution >= 0.6 is 0 Å². The lowest BCUT2D eigenvalue weighted by Crippen LogP contribution is -2.15. The number of para-hydroxylation sites is 9. The minimum atomic E-state index is 0.159. The first-order valence-electron chi connectivity index (χ1n) is 25.3. The Kier molecular flexibility index (Phi) is 11.8. The molecule has 78 heavy (non-hydrogen) atoms. The summed E-state index contributed by atoms with van der Waals surface area (Å²) in [5.74, 6) is 4.07. The van der Waals surface area contributed by atoms with Crippen LogP contribution in [0.1, 0.15) is 44.5 Å². The highest BCUT2D eigenvalue weighted by Gasteiger charge is 2.29. The number of fused-ring (bicyclic) bond motifs is 6. The van der Waals surface area contributed by atoms with E-state index in [1.807, 2.05) is 200 Å². The standard InChI is InChI=1S/C69H42N6O3/c1-72-69-53(36-30-47-33-39-61-67(42-47)77-64-27-15-12-24-58(64)74(61)50-19-7-3-8-20-50)55(44-70)52(35-29-46-32-38-60-66(41-46)76-63-26-14-11-23-57(63)73(60)49-17-5-2-6-18-49)56(45-71)54(69)37-31-48-34-40-62-68(43-48)78-65-28-16-13-25-59(65)75(62)51-21-9-4-10-22-51/h2-43H. The van der Waals surface area contributed by atoms with Gasteiger partial charge in [-0.05, 0) is 137 Å². The zero-order valence-corrected chi connectivity index (χ0v) is 41.7. The van der Waals surface area contributed by atoms with Crippen LogP contribution in [-0.2, 0) is 0 Å². The lowest BCUT2D eigenvalue weighted by molar-refractivity contribution is 0.476. The van der Waals surface area contributed by atoms with E-state index in [0.29, 0.717) is 51.2 Å². The van der Waals surface area contributed by atoms with Crippen LogP contribution in [0.2, 0.25) is 0 Å². The van der Waals surface area contributed by atoms with E-state index in [4.69, 9.17) is 20.8 Å². The molecule has 0 bridgehead atoms. The number of nitriles is 2. The van der Waals surface area contributed by atoms with E-state index in [2.05, 4.69) is 68.1 Å². The van der Waals surface area contributed by atoms with Gasteiger partial charge in [0.05, 0.1) is 64.0 Å². The van der Waals surface area contributed by atoms with Gasteiger partial charge >= 0.3 is 0 Å². The van der Waals surface area contributed by atoms with Gasteiger partial charge in [0.2, 0.25) is 5.69 Å². The van der Waals surface area contributed by atoms with Crippen molar-refractivity contribution in [2.24, 2.45) is 0 Å². The van der Waals surface area contributed by atoms with Crippen LogP contribution in [-0.4, -0.2) is 0 Å². The maximum absolute atomic E-state index is 11.2. The number of hydrogen-bond donors (Lipinski definition) is 0. The van der Waals surface area contributed by atoms with Crippen molar-refractivity contribution in [3.05, 3.63) is 274 Å². The van der Waals surface area contributed by atoms with Crippen LogP contribution in [0, 0.1) is 29.2 Å². The summed E-state index contributed by atoms with van der Waals surface area (Å²) >= 11 is 0. The maximum Gasteiger partial charge on any atom is 0.204 e. The van der Waals surface area contributed by atoms with Crippen molar-refractivity contribution in [3.63, 3.8) is 0 Å². The van der Waals surface area contributed by atoms with Gasteiger partial charge in [-0.3, -0.25) is 0 Å². The highest BCUT2D eigenvalue weighted by atomic mass is 16.5. The summed E-state index contributed by atoms with van der Waals surface area (Å²) in [6.45, 7) is 8.71. The Morgan fingerprint density at radius 2 is 0.628 bits per heavy atom. The molecule has 0 atom stereocenters. The molecule has 3 aliphatic heterocycles. The van der Waals surface area contributed by atoms with E-state index < -0.39 is 0 Å². The highest BCUT2D eigenvalue weighted by molar-refractivity contribution is 5.97. The summed E-state index contributed by atoms with van der Waals surface area (Å²) < 4.78 is 19.6. The fraction of sp³-hybridized carbons (Fsp3) is 0. The van der Waals surface area contributed by atoms with Crippen molar-refractivity contribution in [1.29, 1.82) is 10.5 Å². The molecule has 0 amide bonds. The zero-order valence-electron chi connectivity index (χ0n) is 41.7. The number of anilines is 9. The van der Waals surface area contributed by atoms with Crippen molar-refractivity contribution < 1.29 is 14.2 Å². The minimum Gasteiger partial charge on any atom is -0.453 e. The quantitative estimate of drug-likeness (QED) is 0.104. The number of ether oxygens (including phenoxy) is 3. The Morgan fingerprint density at radius 1 is 0.333 bits per heavy atom. The molecule has 0 N–H and O–H groups in total. The van der Waals surface area contributed by atoms with Crippen LogP contribution < -0.4 is 28.9 Å². The predicted octanol–water partition coefficient (Wildman–Crippen LogP) is 19.2. The van der Waals surface area contributed by atoms with E-state index in [1.54, 1.807) is 18.2 Å². The van der Waals surface area contributed by atoms with E-state index >= 15 is 0 Å². The lowest BCUT2D eigenvalue weighted by Gasteiger charge is -2.33. The van der Waals surface area contributed by atoms with Gasteiger partial charge in [-0.15, -0.1) is 0 Å². The summed E-state index contributed by atoms with van der Waals surface area (Å²) in [6.07, 6.45) is 11.0. The van der Waals surface area contributed by atoms with Gasteiger partial charge in [-0.25, -0.2) is 4.85 Å². The number of nitrogens with zero attached hydrogens (tertiary/aromatic N) is 6. The fourth-order valence-electron chi connectivity index (χ4n) is 10.4. The van der Waals surface area contributed by atoms with Crippen molar-refractivity contribution in [2.75, 3.05) is 14.7 Å². The van der Waals surface area contributed by atoms with Gasteiger partial charge in [-0.1, -0.05) is 146 Å². The summed E-state index contributed by atoms with van der Waals surface area (Å²) in [4.78, 5) is 10.6. The topological polar surface area (TPSA) is 89.3 Å². The molecule has 9 nitrogen and oxygen atoms in total. The maximum atomic E-state index is 11.2. The largest absolute Gasteiger partial charge is 0.453 e. The Morgan fingerprint density at radius 3 is 0.949 bits per heavy atom. The second-order valence-corrected chi connectivity index (χ2v) is 18.6. The molecule has 0 spiro atoms. The van der Waals surface area contributed by atoms with Gasteiger partial charge in [0.1, 0.15) is 0 Å². The first kappa shape index (κ1) is 46.5. The van der Waals surface area contributed by atoms with Crippen LogP contribution in [0.25, 0.3) is 41.3 Å². The van der Waals surface area contributed by atoms with Crippen LogP contribution in [0.3, 0.4) is 0 Å². The molecule has 0 radical (unpaired) electrons. The predicted molar refractivity (Wildman–Crippen MR) is 313 cm³/mol. The normalized spacial score (nSPS) is 12.7. The van der Waals surface area contributed by atoms with Crippen LogP contribution in [0.5, 0.6) is 34.5 Å². The molecule has 366 valence electrons. The molecular formula is C69H42N6O3. The second kappa shape index (κ2) is 19.8. The molecule has 0 aliphatic carbocycles. The molecule has 3 aliphatic rings. The first-order valence-corrected chi connectivity index (χ1v) is 25.3. The third kappa shape index (κ3) is 8.31. The van der Waals surface area contributed by atoms with Crippen LogP contribution in [0.15, 0.2) is 218 Å². The third-order valence-corrected chi connectivity index (χ3v) is 13.9. The SMILES string of the molecule is [C-]#[N+]c1c(C=Cc2ccc3c(c2)Oc2ccccc2N3c2ccccc2)c(C#N)c(C=Cc2ccc3c(c2)Oc2ccccc2N3c2ccccc2)c(C#N)c1C=Cc1ccc2c(c1)Oc1ccccc1N2c1ccccc1. The molecular weight excluding hydrogens is 961 g/mol. The molecule has 10 aromatic rings. The average Bonchev–Trinajstić information content (AvgIpc) is 3.58. The Balaban J connectivity index is 0.923. The highest BCUT2D eigenvalue weighted by Crippen LogP contribution is 2.54. The summed E-state index contributed by atoms with van der Waals surface area (Å²) in [5.41, 5.74) is 12.3. The zero-order chi connectivity index (χ0) is 52.5. The van der Waals surface area contributed by atoms with Gasteiger partial charge < -0.3 is 28.9 Å². The molecule has 0 fully saturated rings. The molecule has 3 heterocycles. The van der Waals surface area contributed by atoms with E-state index in [0.717, 1.165) is 67.9 Å². The van der Waals surface area contributed by atoms with Crippen molar-refractivity contribution >= 4 is 93.3 Å². The van der Waals surface area contributed by atoms with Crippen molar-refractivity contribution in [2.45, 2.75) is 0 Å². The summed E-state index contributed by atoms with van der Waals surface area (Å²) in [6, 6.07) is 76.9. The molecule has 0 aromatic heterocycles. The third-order valence-electron chi connectivity index (χ3n) is 13.9. The second-order valence-electron chi connectivity index (χ2n) is 18.6. The van der Waals surface area contributed by atoms with E-state index in [1.165, 1.54) is 0 Å². The van der Waals surface area contributed by atoms with Crippen molar-refractivity contribution in [3.8, 4) is 46.6 Å². The lowest BCUT2D eigenvalue weighted by atomic mass is 9.88. The fourth-order valence-corrected chi connectivity index (χ4v) is 10.4. The van der Waals surface area contributed by atoms with E-state index in [-0.39, 0.29) is 16.8 Å². The number of rotatable bonds is 9.